The van der Waals surface area contributed by atoms with E-state index >= 15 is 0 Å². The van der Waals surface area contributed by atoms with Crippen molar-refractivity contribution in [1.82, 2.24) is 4.90 Å². The van der Waals surface area contributed by atoms with Gasteiger partial charge in [-0.25, -0.2) is 4.39 Å². The summed E-state index contributed by atoms with van der Waals surface area (Å²) in [5.41, 5.74) is 6.87. The molecule has 90 valence electrons. The van der Waals surface area contributed by atoms with Crippen molar-refractivity contribution in [3.05, 3.63) is 35.6 Å². The Labute approximate surface area is 97.3 Å². The van der Waals surface area contributed by atoms with Crippen LogP contribution >= 0.6 is 0 Å². The van der Waals surface area contributed by atoms with Crippen LogP contribution in [0.4, 0.5) is 4.39 Å². The summed E-state index contributed by atoms with van der Waals surface area (Å²) in [5.74, 6) is -0.202. The first kappa shape index (κ1) is 13.1. The number of nitrogens with zero attached hydrogens (tertiary/aromatic N) is 1. The fourth-order valence-corrected chi connectivity index (χ4v) is 2.21. The molecule has 1 unspecified atom stereocenters. The molecule has 1 aromatic carbocycles. The number of hydrogen-bond donors (Lipinski definition) is 1. The molecule has 0 aliphatic rings. The maximum Gasteiger partial charge on any atom is 0.123 e. The van der Waals surface area contributed by atoms with E-state index in [9.17, 15) is 4.39 Å². The van der Waals surface area contributed by atoms with Crippen molar-refractivity contribution in [2.45, 2.75) is 19.9 Å². The van der Waals surface area contributed by atoms with Gasteiger partial charge in [0, 0.05) is 6.04 Å². The first-order valence-electron chi connectivity index (χ1n) is 5.50. The van der Waals surface area contributed by atoms with E-state index in [1.54, 1.807) is 0 Å². The van der Waals surface area contributed by atoms with Crippen molar-refractivity contribution in [1.29, 1.82) is 0 Å². The molecular weight excluding hydrogens is 203 g/mol. The molecule has 1 aromatic rings. The van der Waals surface area contributed by atoms with Gasteiger partial charge >= 0.3 is 0 Å². The van der Waals surface area contributed by atoms with E-state index in [-0.39, 0.29) is 17.3 Å². The summed E-state index contributed by atoms with van der Waals surface area (Å²) in [6.45, 7) is 4.84. The van der Waals surface area contributed by atoms with Crippen molar-refractivity contribution in [3.63, 3.8) is 0 Å². The van der Waals surface area contributed by atoms with Gasteiger partial charge in [-0.2, -0.15) is 0 Å². The molecule has 2 N–H and O–H groups in total. The van der Waals surface area contributed by atoms with Gasteiger partial charge in [-0.1, -0.05) is 26.0 Å². The van der Waals surface area contributed by atoms with Crippen LogP contribution < -0.4 is 5.73 Å². The molecule has 0 heterocycles. The van der Waals surface area contributed by atoms with Gasteiger partial charge in [0.1, 0.15) is 5.82 Å². The normalized spacial score (nSPS) is 14.2. The second kappa shape index (κ2) is 4.93. The molecule has 0 aromatic heterocycles. The highest BCUT2D eigenvalue weighted by Gasteiger charge is 2.31. The summed E-state index contributed by atoms with van der Waals surface area (Å²) in [6, 6.07) is 6.85. The summed E-state index contributed by atoms with van der Waals surface area (Å²) >= 11 is 0. The maximum absolute atomic E-state index is 12.9. The zero-order valence-electron chi connectivity index (χ0n) is 10.5. The van der Waals surface area contributed by atoms with Crippen molar-refractivity contribution < 1.29 is 4.39 Å². The molecule has 1 rings (SSSR count). The highest BCUT2D eigenvalue weighted by atomic mass is 19.1. The van der Waals surface area contributed by atoms with E-state index in [2.05, 4.69) is 18.7 Å². The molecule has 0 amide bonds. The van der Waals surface area contributed by atoms with Crippen LogP contribution in [0.3, 0.4) is 0 Å². The third kappa shape index (κ3) is 2.80. The Kier molecular flexibility index (Phi) is 4.05. The monoisotopic (exact) mass is 224 g/mol. The zero-order valence-corrected chi connectivity index (χ0v) is 10.5. The molecule has 3 heteroatoms. The molecule has 16 heavy (non-hydrogen) atoms. The van der Waals surface area contributed by atoms with Crippen LogP contribution in [0, 0.1) is 11.2 Å². The Morgan fingerprint density at radius 2 is 1.75 bits per heavy atom. The lowest BCUT2D eigenvalue weighted by molar-refractivity contribution is 0.143. The lowest BCUT2D eigenvalue weighted by atomic mass is 9.80. The molecule has 1 atom stereocenters. The fourth-order valence-electron chi connectivity index (χ4n) is 2.21. The van der Waals surface area contributed by atoms with E-state index in [1.165, 1.54) is 12.1 Å². The summed E-state index contributed by atoms with van der Waals surface area (Å²) in [6.07, 6.45) is 0. The summed E-state index contributed by atoms with van der Waals surface area (Å²) < 4.78 is 12.9. The zero-order chi connectivity index (χ0) is 12.3. The van der Waals surface area contributed by atoms with Gasteiger partial charge in [-0.15, -0.1) is 0 Å². The van der Waals surface area contributed by atoms with Gasteiger partial charge < -0.3 is 10.6 Å². The van der Waals surface area contributed by atoms with E-state index in [0.717, 1.165) is 5.56 Å². The topological polar surface area (TPSA) is 29.3 Å². The Bertz CT molecular complexity index is 330. The van der Waals surface area contributed by atoms with Crippen molar-refractivity contribution >= 4 is 0 Å². The number of benzene rings is 1. The van der Waals surface area contributed by atoms with Gasteiger partial charge in [0.15, 0.2) is 0 Å². The molecule has 0 aliphatic heterocycles. The molecule has 0 saturated carbocycles. The van der Waals surface area contributed by atoms with Gasteiger partial charge in [-0.3, -0.25) is 0 Å². The summed E-state index contributed by atoms with van der Waals surface area (Å²) in [7, 11) is 4.04. The van der Waals surface area contributed by atoms with Gasteiger partial charge in [0.05, 0.1) is 0 Å². The molecule has 0 saturated heterocycles. The molecule has 2 nitrogen and oxygen atoms in total. The van der Waals surface area contributed by atoms with Gasteiger partial charge in [-0.05, 0) is 43.8 Å². The molecule has 0 fully saturated rings. The standard InChI is InChI=1S/C13H21FN2/c1-13(2,9-15)12(16(3)4)10-5-7-11(14)8-6-10/h5-8,12H,9,15H2,1-4H3. The highest BCUT2D eigenvalue weighted by molar-refractivity contribution is 5.22. The van der Waals surface area contributed by atoms with Crippen LogP contribution in [0.1, 0.15) is 25.5 Å². The van der Waals surface area contributed by atoms with E-state index in [0.29, 0.717) is 6.54 Å². The first-order valence-corrected chi connectivity index (χ1v) is 5.50. The number of nitrogens with two attached hydrogens (primary N) is 1. The predicted octanol–water partition coefficient (Wildman–Crippen LogP) is 2.41. The summed E-state index contributed by atoms with van der Waals surface area (Å²) in [5, 5.41) is 0. The first-order chi connectivity index (χ1) is 7.38. The van der Waals surface area contributed by atoms with Crippen molar-refractivity contribution in [2.24, 2.45) is 11.1 Å². The Morgan fingerprint density at radius 3 is 2.12 bits per heavy atom. The summed E-state index contributed by atoms with van der Waals surface area (Å²) in [4.78, 5) is 2.13. The van der Waals surface area contributed by atoms with Crippen LogP contribution in [0.15, 0.2) is 24.3 Å². The third-order valence-electron chi connectivity index (χ3n) is 2.97. The van der Waals surface area contributed by atoms with Crippen LogP contribution in [-0.2, 0) is 0 Å². The van der Waals surface area contributed by atoms with Crippen LogP contribution in [0.2, 0.25) is 0 Å². The predicted molar refractivity (Wildman–Crippen MR) is 65.7 cm³/mol. The molecule has 0 spiro atoms. The Morgan fingerprint density at radius 1 is 1.25 bits per heavy atom. The minimum atomic E-state index is -0.202. The van der Waals surface area contributed by atoms with Crippen molar-refractivity contribution in [2.75, 3.05) is 20.6 Å². The second-order valence-corrected chi connectivity index (χ2v) is 5.11. The Hall–Kier alpha value is -0.930. The number of rotatable bonds is 4. The van der Waals surface area contributed by atoms with Crippen LogP contribution in [-0.4, -0.2) is 25.5 Å². The van der Waals surface area contributed by atoms with Crippen LogP contribution in [0.5, 0.6) is 0 Å². The number of halogens is 1. The quantitative estimate of drug-likeness (QED) is 0.851. The van der Waals surface area contributed by atoms with E-state index in [1.807, 2.05) is 26.2 Å². The Balaban J connectivity index is 3.08. The van der Waals surface area contributed by atoms with E-state index < -0.39 is 0 Å². The smallest absolute Gasteiger partial charge is 0.123 e. The van der Waals surface area contributed by atoms with Gasteiger partial charge in [0.2, 0.25) is 0 Å². The third-order valence-corrected chi connectivity index (χ3v) is 2.97. The molecule has 0 bridgehead atoms. The SMILES string of the molecule is CN(C)C(c1ccc(F)cc1)C(C)(C)CN. The van der Waals surface area contributed by atoms with Gasteiger partial charge in [0.25, 0.3) is 0 Å². The lowest BCUT2D eigenvalue weighted by Gasteiger charge is -2.38. The molecular formula is C13H21FN2. The number of hydrogen-bond acceptors (Lipinski definition) is 2. The highest BCUT2D eigenvalue weighted by Crippen LogP contribution is 2.36. The second-order valence-electron chi connectivity index (χ2n) is 5.11. The minimum Gasteiger partial charge on any atom is -0.330 e. The van der Waals surface area contributed by atoms with E-state index in [4.69, 9.17) is 5.73 Å². The largest absolute Gasteiger partial charge is 0.330 e. The lowest BCUT2D eigenvalue weighted by Crippen LogP contribution is -2.38. The maximum atomic E-state index is 12.9. The average Bonchev–Trinajstić information content (AvgIpc) is 2.20. The van der Waals surface area contributed by atoms with Crippen molar-refractivity contribution in [3.8, 4) is 0 Å². The van der Waals surface area contributed by atoms with Crippen LogP contribution in [0.25, 0.3) is 0 Å². The minimum absolute atomic E-state index is 0.0403. The average molecular weight is 224 g/mol. The molecule has 0 radical (unpaired) electrons. The molecule has 0 aliphatic carbocycles. The fraction of sp³-hybridized carbons (Fsp3) is 0.538.